The van der Waals surface area contributed by atoms with Crippen molar-refractivity contribution in [1.29, 1.82) is 0 Å². The summed E-state index contributed by atoms with van der Waals surface area (Å²) in [5, 5.41) is 23.2. The SMILES string of the molecule is CCCCCCCC/C=C\CCCCCCCCCCCC(=O)OCCCCCCCCCCCCCCCCCCCCCCCCCCCCCCC(=O)NC(CO)C(O)/C=C/CCCCCCCCCCCCCCCCCC. The number of amides is 1. The van der Waals surface area contributed by atoms with Crippen molar-refractivity contribution < 1.29 is 24.5 Å². The van der Waals surface area contributed by atoms with Crippen molar-refractivity contribution in [3.05, 3.63) is 24.3 Å². The number of aliphatic hydroxyl groups excluding tert-OH is 2. The molecule has 0 aliphatic rings. The molecule has 82 heavy (non-hydrogen) atoms. The average Bonchev–Trinajstić information content (AvgIpc) is 3.48. The van der Waals surface area contributed by atoms with Crippen LogP contribution in [0.1, 0.15) is 425 Å². The van der Waals surface area contributed by atoms with Crippen LogP contribution in [0.25, 0.3) is 0 Å². The summed E-state index contributed by atoms with van der Waals surface area (Å²) in [6.07, 6.45) is 91.3. The summed E-state index contributed by atoms with van der Waals surface area (Å²) in [5.74, 6) is -0.0420. The first-order chi connectivity index (χ1) is 40.5. The van der Waals surface area contributed by atoms with Gasteiger partial charge in [-0.25, -0.2) is 0 Å². The van der Waals surface area contributed by atoms with Crippen molar-refractivity contribution in [1.82, 2.24) is 5.32 Å². The molecule has 0 fully saturated rings. The van der Waals surface area contributed by atoms with Gasteiger partial charge < -0.3 is 20.3 Å². The lowest BCUT2D eigenvalue weighted by Gasteiger charge is -2.20. The van der Waals surface area contributed by atoms with Gasteiger partial charge in [-0.1, -0.05) is 378 Å². The number of aliphatic hydroxyl groups is 2. The summed E-state index contributed by atoms with van der Waals surface area (Å²) in [4.78, 5) is 24.6. The second-order valence-corrected chi connectivity index (χ2v) is 26.0. The van der Waals surface area contributed by atoms with Gasteiger partial charge in [0.2, 0.25) is 5.91 Å². The van der Waals surface area contributed by atoms with E-state index in [1.165, 1.54) is 360 Å². The minimum Gasteiger partial charge on any atom is -0.466 e. The minimum absolute atomic E-state index is 0.0190. The Hall–Kier alpha value is -1.66. The first kappa shape index (κ1) is 80.3. The molecule has 0 aliphatic carbocycles. The molecule has 1 amide bonds. The van der Waals surface area contributed by atoms with Crippen LogP contribution in [0.15, 0.2) is 24.3 Å². The summed E-state index contributed by atoms with van der Waals surface area (Å²) in [6, 6.07) is -0.626. The molecule has 0 radical (unpaired) electrons. The standard InChI is InChI=1S/C76H147NO5/c1-3-5-7-9-11-13-15-17-19-21-33-38-42-46-50-54-58-62-66-70-76(81)82-71-67-63-59-55-51-47-43-39-35-32-30-28-26-24-23-25-27-29-31-34-37-41-45-49-53-57-61-65-69-75(80)77-73(72-78)74(79)68-64-60-56-52-48-44-40-36-22-20-18-16-14-12-10-8-6-4-2/h17,19,64,68,73-74,78-79H,3-16,18,20-63,65-67,69-72H2,1-2H3,(H,77,80)/b19-17-,68-64+. The Kier molecular flexibility index (Phi) is 70.4. The van der Waals surface area contributed by atoms with Crippen molar-refractivity contribution >= 4 is 11.9 Å². The number of unbranched alkanes of at least 4 members (excludes halogenated alkanes) is 58. The Labute approximate surface area is 513 Å². The zero-order valence-corrected chi connectivity index (χ0v) is 55.8. The van der Waals surface area contributed by atoms with Crippen LogP contribution in [-0.4, -0.2) is 47.4 Å². The lowest BCUT2D eigenvalue weighted by molar-refractivity contribution is -0.143. The summed E-state index contributed by atoms with van der Waals surface area (Å²) in [6.45, 7) is 4.95. The van der Waals surface area contributed by atoms with Gasteiger partial charge in [0.05, 0.1) is 25.4 Å². The summed E-state index contributed by atoms with van der Waals surface area (Å²) in [5.41, 5.74) is 0. The second-order valence-electron chi connectivity index (χ2n) is 26.0. The van der Waals surface area contributed by atoms with Gasteiger partial charge in [0.15, 0.2) is 0 Å². The van der Waals surface area contributed by atoms with Gasteiger partial charge >= 0.3 is 5.97 Å². The molecule has 0 bridgehead atoms. The molecule has 0 spiro atoms. The van der Waals surface area contributed by atoms with Gasteiger partial charge in [0.1, 0.15) is 0 Å². The minimum atomic E-state index is -0.843. The first-order valence-corrected chi connectivity index (χ1v) is 37.6. The van der Waals surface area contributed by atoms with E-state index in [-0.39, 0.29) is 18.5 Å². The highest BCUT2D eigenvalue weighted by Crippen LogP contribution is 2.19. The molecule has 0 saturated heterocycles. The molecule has 3 N–H and O–H groups in total. The summed E-state index contributed by atoms with van der Waals surface area (Å²) < 4.78 is 5.52. The lowest BCUT2D eigenvalue weighted by Crippen LogP contribution is -2.45. The lowest BCUT2D eigenvalue weighted by atomic mass is 10.0. The van der Waals surface area contributed by atoms with Crippen molar-refractivity contribution in [3.8, 4) is 0 Å². The van der Waals surface area contributed by atoms with Gasteiger partial charge in [-0.05, 0) is 57.8 Å². The van der Waals surface area contributed by atoms with Gasteiger partial charge in [-0.2, -0.15) is 0 Å². The van der Waals surface area contributed by atoms with Crippen molar-refractivity contribution in [2.24, 2.45) is 0 Å². The van der Waals surface area contributed by atoms with E-state index in [0.29, 0.717) is 19.4 Å². The number of ether oxygens (including phenoxy) is 1. The van der Waals surface area contributed by atoms with Crippen LogP contribution in [-0.2, 0) is 14.3 Å². The van der Waals surface area contributed by atoms with E-state index in [0.717, 1.165) is 38.5 Å². The summed E-state index contributed by atoms with van der Waals surface area (Å²) >= 11 is 0. The summed E-state index contributed by atoms with van der Waals surface area (Å²) in [7, 11) is 0. The fourth-order valence-electron chi connectivity index (χ4n) is 12.0. The van der Waals surface area contributed by atoms with Crippen LogP contribution >= 0.6 is 0 Å². The molecule has 2 atom stereocenters. The molecular weight excluding hydrogens is 1010 g/mol. The van der Waals surface area contributed by atoms with Crippen molar-refractivity contribution in [2.75, 3.05) is 13.2 Å². The van der Waals surface area contributed by atoms with Crippen molar-refractivity contribution in [2.45, 2.75) is 437 Å². The normalized spacial score (nSPS) is 12.6. The predicted molar refractivity (Wildman–Crippen MR) is 361 cm³/mol. The first-order valence-electron chi connectivity index (χ1n) is 37.6. The highest BCUT2D eigenvalue weighted by molar-refractivity contribution is 5.76. The predicted octanol–water partition coefficient (Wildman–Crippen LogP) is 24.5. The van der Waals surface area contributed by atoms with E-state index in [9.17, 15) is 19.8 Å². The third-order valence-electron chi connectivity index (χ3n) is 17.7. The van der Waals surface area contributed by atoms with Gasteiger partial charge in [0, 0.05) is 12.8 Å². The maximum atomic E-state index is 12.5. The Bertz CT molecular complexity index is 1280. The fourth-order valence-corrected chi connectivity index (χ4v) is 12.0. The van der Waals surface area contributed by atoms with Crippen LogP contribution in [0.2, 0.25) is 0 Å². The van der Waals surface area contributed by atoms with E-state index in [1.807, 2.05) is 6.08 Å². The molecule has 2 unspecified atom stereocenters. The highest BCUT2D eigenvalue weighted by Gasteiger charge is 2.18. The topological polar surface area (TPSA) is 95.9 Å². The van der Waals surface area contributed by atoms with Gasteiger partial charge in [0.25, 0.3) is 0 Å². The Morgan fingerprint density at radius 2 is 0.573 bits per heavy atom. The number of rotatable bonds is 71. The number of esters is 1. The second kappa shape index (κ2) is 71.8. The number of hydrogen-bond acceptors (Lipinski definition) is 5. The van der Waals surface area contributed by atoms with E-state index >= 15 is 0 Å². The quantitative estimate of drug-likeness (QED) is 0.0320. The molecule has 486 valence electrons. The number of nitrogens with one attached hydrogen (secondary N) is 1. The maximum absolute atomic E-state index is 12.5. The highest BCUT2D eigenvalue weighted by atomic mass is 16.5. The number of allylic oxidation sites excluding steroid dienone is 3. The third kappa shape index (κ3) is 67.5. The van der Waals surface area contributed by atoms with E-state index in [4.69, 9.17) is 4.74 Å². The molecular formula is C76H147NO5. The largest absolute Gasteiger partial charge is 0.466 e. The molecule has 0 saturated carbocycles. The molecule has 0 rings (SSSR count). The Morgan fingerprint density at radius 3 is 0.866 bits per heavy atom. The molecule has 6 nitrogen and oxygen atoms in total. The van der Waals surface area contributed by atoms with Crippen LogP contribution in [0.3, 0.4) is 0 Å². The number of carbonyl (C=O) groups excluding carboxylic acids is 2. The molecule has 6 heteroatoms. The van der Waals surface area contributed by atoms with Crippen LogP contribution < -0.4 is 5.32 Å². The third-order valence-corrected chi connectivity index (χ3v) is 17.7. The smallest absolute Gasteiger partial charge is 0.305 e. The van der Waals surface area contributed by atoms with Gasteiger partial charge in [-0.15, -0.1) is 0 Å². The van der Waals surface area contributed by atoms with Crippen LogP contribution in [0.4, 0.5) is 0 Å². The Morgan fingerprint density at radius 1 is 0.329 bits per heavy atom. The number of hydrogen-bond donors (Lipinski definition) is 3. The number of carbonyl (C=O) groups is 2. The molecule has 0 aliphatic heterocycles. The van der Waals surface area contributed by atoms with Crippen LogP contribution in [0.5, 0.6) is 0 Å². The zero-order valence-electron chi connectivity index (χ0n) is 55.8. The molecule has 0 heterocycles. The average molecular weight is 1160 g/mol. The van der Waals surface area contributed by atoms with E-state index in [2.05, 4.69) is 31.3 Å². The monoisotopic (exact) mass is 1150 g/mol. The molecule has 0 aromatic carbocycles. The fraction of sp³-hybridized carbons (Fsp3) is 0.921. The molecule has 0 aromatic rings. The zero-order chi connectivity index (χ0) is 59.2. The maximum Gasteiger partial charge on any atom is 0.305 e. The van der Waals surface area contributed by atoms with Gasteiger partial charge in [-0.3, -0.25) is 9.59 Å². The van der Waals surface area contributed by atoms with E-state index < -0.39 is 12.1 Å². The van der Waals surface area contributed by atoms with E-state index in [1.54, 1.807) is 6.08 Å². The Balaban J connectivity index is 3.35. The molecule has 0 aromatic heterocycles. The van der Waals surface area contributed by atoms with Crippen molar-refractivity contribution in [3.63, 3.8) is 0 Å². The van der Waals surface area contributed by atoms with Crippen LogP contribution in [0, 0.1) is 0 Å².